The molecule has 138 valence electrons. The van der Waals surface area contributed by atoms with E-state index in [4.69, 9.17) is 0 Å². The minimum absolute atomic E-state index is 0.863. The van der Waals surface area contributed by atoms with Crippen molar-refractivity contribution in [3.8, 4) is 0 Å². The van der Waals surface area contributed by atoms with Crippen LogP contribution in [0.15, 0.2) is 91.1 Å². The van der Waals surface area contributed by atoms with Crippen molar-refractivity contribution in [2.45, 2.75) is 34.1 Å². The first-order valence-electron chi connectivity index (χ1n) is 9.20. The molecule has 0 bridgehead atoms. The number of benzene rings is 1. The van der Waals surface area contributed by atoms with E-state index >= 15 is 0 Å². The van der Waals surface area contributed by atoms with Gasteiger partial charge in [0.2, 0.25) is 0 Å². The van der Waals surface area contributed by atoms with Crippen molar-refractivity contribution in [1.82, 2.24) is 9.97 Å². The highest BCUT2D eigenvalue weighted by Crippen LogP contribution is 2.32. The van der Waals surface area contributed by atoms with Gasteiger partial charge in [-0.2, -0.15) is 0 Å². The summed E-state index contributed by atoms with van der Waals surface area (Å²) < 4.78 is 0. The molecule has 2 heteroatoms. The van der Waals surface area contributed by atoms with Gasteiger partial charge in [-0.1, -0.05) is 66.8 Å². The van der Waals surface area contributed by atoms with E-state index in [1.54, 1.807) is 6.33 Å². The standard InChI is InChI=1S/C25H28N2/c1-6-10-22(7-2)14-13-19(3)15-25(24-12-9-8-11-20(24)4)21(5)23-16-26-18-27-17-23/h6-14,16-18H,2,15H2,1,3-5H3/b10-6-,19-13+,22-14-,25-21+. The van der Waals surface area contributed by atoms with Crippen LogP contribution in [-0.4, -0.2) is 9.97 Å². The molecule has 1 aromatic heterocycles. The van der Waals surface area contributed by atoms with Crippen molar-refractivity contribution in [3.63, 3.8) is 0 Å². The second kappa shape index (κ2) is 10.2. The second-order valence-corrected chi connectivity index (χ2v) is 6.61. The molecule has 1 aromatic carbocycles. The van der Waals surface area contributed by atoms with Gasteiger partial charge in [-0.15, -0.1) is 0 Å². The maximum atomic E-state index is 4.19. The number of allylic oxidation sites excluding steroid dienone is 9. The van der Waals surface area contributed by atoms with Crippen molar-refractivity contribution in [3.05, 3.63) is 108 Å². The van der Waals surface area contributed by atoms with Crippen LogP contribution >= 0.6 is 0 Å². The van der Waals surface area contributed by atoms with Crippen LogP contribution in [0.3, 0.4) is 0 Å². The predicted octanol–water partition coefficient (Wildman–Crippen LogP) is 6.74. The minimum atomic E-state index is 0.863. The quantitative estimate of drug-likeness (QED) is 0.513. The van der Waals surface area contributed by atoms with Crippen LogP contribution < -0.4 is 0 Å². The van der Waals surface area contributed by atoms with E-state index in [1.165, 1.54) is 27.8 Å². The van der Waals surface area contributed by atoms with Gasteiger partial charge in [-0.3, -0.25) is 0 Å². The molecule has 0 fully saturated rings. The Morgan fingerprint density at radius 3 is 2.41 bits per heavy atom. The summed E-state index contributed by atoms with van der Waals surface area (Å²) in [5, 5.41) is 0. The lowest BCUT2D eigenvalue weighted by molar-refractivity contribution is 1.15. The molecule has 2 nitrogen and oxygen atoms in total. The molecule has 0 spiro atoms. The lowest BCUT2D eigenvalue weighted by Gasteiger charge is -2.16. The van der Waals surface area contributed by atoms with Crippen molar-refractivity contribution in [2.24, 2.45) is 0 Å². The highest BCUT2D eigenvalue weighted by Gasteiger charge is 2.11. The van der Waals surface area contributed by atoms with E-state index in [-0.39, 0.29) is 0 Å². The predicted molar refractivity (Wildman–Crippen MR) is 117 cm³/mol. The van der Waals surface area contributed by atoms with Crippen molar-refractivity contribution in [2.75, 3.05) is 0 Å². The molecule has 0 aliphatic carbocycles. The van der Waals surface area contributed by atoms with Gasteiger partial charge in [0.1, 0.15) is 6.33 Å². The van der Waals surface area contributed by atoms with Crippen LogP contribution in [0.2, 0.25) is 0 Å². The zero-order valence-corrected chi connectivity index (χ0v) is 16.7. The van der Waals surface area contributed by atoms with Crippen LogP contribution in [0.4, 0.5) is 0 Å². The van der Waals surface area contributed by atoms with E-state index in [0.29, 0.717) is 0 Å². The Morgan fingerprint density at radius 2 is 1.78 bits per heavy atom. The van der Waals surface area contributed by atoms with Gasteiger partial charge >= 0.3 is 0 Å². The third kappa shape index (κ3) is 5.75. The number of aryl methyl sites for hydroxylation is 1. The highest BCUT2D eigenvalue weighted by atomic mass is 14.8. The average molecular weight is 357 g/mol. The Kier molecular flexibility index (Phi) is 7.69. The Labute approximate surface area is 163 Å². The summed E-state index contributed by atoms with van der Waals surface area (Å²) in [5.74, 6) is 0. The summed E-state index contributed by atoms with van der Waals surface area (Å²) in [5.41, 5.74) is 8.50. The third-order valence-corrected chi connectivity index (χ3v) is 4.53. The molecule has 0 radical (unpaired) electrons. The van der Waals surface area contributed by atoms with Crippen molar-refractivity contribution < 1.29 is 0 Å². The van der Waals surface area contributed by atoms with Crippen molar-refractivity contribution in [1.29, 1.82) is 0 Å². The third-order valence-electron chi connectivity index (χ3n) is 4.53. The molecule has 0 aliphatic rings. The maximum absolute atomic E-state index is 4.19. The minimum Gasteiger partial charge on any atom is -0.244 e. The molecular formula is C25H28N2. The van der Waals surface area contributed by atoms with Gasteiger partial charge < -0.3 is 0 Å². The SMILES string of the molecule is C=CC(/C=C\C)=C/C=C(\C)C/C(=C(/C)c1cncnc1)c1ccccc1C. The summed E-state index contributed by atoms with van der Waals surface area (Å²) in [6.45, 7) is 12.4. The summed E-state index contributed by atoms with van der Waals surface area (Å²) in [6, 6.07) is 8.52. The molecule has 2 aromatic rings. The monoisotopic (exact) mass is 356 g/mol. The summed E-state index contributed by atoms with van der Waals surface area (Å²) in [4.78, 5) is 8.37. The molecule has 0 saturated heterocycles. The summed E-state index contributed by atoms with van der Waals surface area (Å²) in [7, 11) is 0. The van der Waals surface area contributed by atoms with Gasteiger partial charge in [0, 0.05) is 18.0 Å². The molecular weight excluding hydrogens is 328 g/mol. The van der Waals surface area contributed by atoms with E-state index in [9.17, 15) is 0 Å². The van der Waals surface area contributed by atoms with Gasteiger partial charge in [-0.05, 0) is 62.0 Å². The molecule has 1 heterocycles. The van der Waals surface area contributed by atoms with Gasteiger partial charge in [0.25, 0.3) is 0 Å². The second-order valence-electron chi connectivity index (χ2n) is 6.61. The largest absolute Gasteiger partial charge is 0.244 e. The molecule has 0 N–H and O–H groups in total. The molecule has 0 unspecified atom stereocenters. The lowest BCUT2D eigenvalue weighted by atomic mass is 9.89. The molecule has 27 heavy (non-hydrogen) atoms. The molecule has 0 aliphatic heterocycles. The summed E-state index contributed by atoms with van der Waals surface area (Å²) >= 11 is 0. The molecule has 0 saturated carbocycles. The average Bonchev–Trinajstić information content (AvgIpc) is 2.70. The first kappa shape index (κ1) is 20.3. The van der Waals surface area contributed by atoms with Crippen LogP contribution in [-0.2, 0) is 0 Å². The Balaban J connectivity index is 2.49. The first-order chi connectivity index (χ1) is 13.1. The van der Waals surface area contributed by atoms with Crippen LogP contribution in [0, 0.1) is 6.92 Å². The van der Waals surface area contributed by atoms with E-state index < -0.39 is 0 Å². The lowest BCUT2D eigenvalue weighted by Crippen LogP contribution is -1.95. The van der Waals surface area contributed by atoms with E-state index in [0.717, 1.165) is 17.6 Å². The fourth-order valence-electron chi connectivity index (χ4n) is 2.97. The summed E-state index contributed by atoms with van der Waals surface area (Å²) in [6.07, 6.45) is 16.4. The normalized spacial score (nSPS) is 13.6. The zero-order chi connectivity index (χ0) is 19.6. The maximum Gasteiger partial charge on any atom is 0.115 e. The van der Waals surface area contributed by atoms with Gasteiger partial charge in [0.15, 0.2) is 0 Å². The molecule has 0 amide bonds. The van der Waals surface area contributed by atoms with Gasteiger partial charge in [0.05, 0.1) is 0 Å². The first-order valence-corrected chi connectivity index (χ1v) is 9.20. The van der Waals surface area contributed by atoms with Gasteiger partial charge in [-0.25, -0.2) is 9.97 Å². The fraction of sp³-hybridized carbons (Fsp3) is 0.200. The number of hydrogen-bond donors (Lipinski definition) is 0. The van der Waals surface area contributed by atoms with Crippen LogP contribution in [0.5, 0.6) is 0 Å². The molecule has 0 atom stereocenters. The fourth-order valence-corrected chi connectivity index (χ4v) is 2.97. The topological polar surface area (TPSA) is 25.8 Å². The smallest absolute Gasteiger partial charge is 0.115 e. The van der Waals surface area contributed by atoms with Crippen LogP contribution in [0.1, 0.15) is 43.9 Å². The Morgan fingerprint density at radius 1 is 1.07 bits per heavy atom. The number of rotatable bonds is 7. The Hall–Kier alpha value is -3.00. The van der Waals surface area contributed by atoms with E-state index in [2.05, 4.69) is 79.8 Å². The van der Waals surface area contributed by atoms with Crippen LogP contribution in [0.25, 0.3) is 11.1 Å². The van der Waals surface area contributed by atoms with Crippen molar-refractivity contribution >= 4 is 11.1 Å². The zero-order valence-electron chi connectivity index (χ0n) is 16.7. The number of hydrogen-bond acceptors (Lipinski definition) is 2. The number of nitrogens with zero attached hydrogens (tertiary/aromatic N) is 2. The molecule has 2 rings (SSSR count). The highest BCUT2D eigenvalue weighted by molar-refractivity contribution is 5.91. The van der Waals surface area contributed by atoms with E-state index in [1.807, 2.05) is 31.5 Å². The number of aromatic nitrogens is 2. The Bertz CT molecular complexity index is 897.